The molecule has 556 valence electrons. The van der Waals surface area contributed by atoms with Crippen molar-refractivity contribution in [1.82, 2.24) is 21.3 Å². The van der Waals surface area contributed by atoms with Gasteiger partial charge in [0.05, 0.1) is 123 Å². The first-order valence-corrected chi connectivity index (χ1v) is 37.9. The van der Waals surface area contributed by atoms with Crippen LogP contribution < -0.4 is 63.8 Å². The van der Waals surface area contributed by atoms with E-state index in [0.717, 1.165) is 141 Å². The third-order valence-electron chi connectivity index (χ3n) is 21.7. The molecule has 1 aliphatic carbocycles. The number of anilines is 8. The number of rotatable bonds is 7. The number of amides is 4. The molecule has 19 heteroatoms. The molecule has 0 spiro atoms. The largest absolute Gasteiger partial charge is 0.372 e. The van der Waals surface area contributed by atoms with Crippen LogP contribution in [0.4, 0.5) is 51.2 Å². The highest BCUT2D eigenvalue weighted by Crippen LogP contribution is 2.45. The normalized spacial score (nSPS) is 17.7. The summed E-state index contributed by atoms with van der Waals surface area (Å²) in [6.45, 7) is 2.06. The van der Waals surface area contributed by atoms with Crippen molar-refractivity contribution in [3.63, 3.8) is 0 Å². The molecule has 12 aromatic carbocycles. The van der Waals surface area contributed by atoms with Crippen LogP contribution in [0.15, 0.2) is 342 Å². The van der Waals surface area contributed by atoms with Crippen LogP contribution >= 0.6 is 0 Å². The third kappa shape index (κ3) is 14.3. The lowest BCUT2D eigenvalue weighted by Crippen LogP contribution is -2.24. The van der Waals surface area contributed by atoms with E-state index in [-0.39, 0.29) is 53.5 Å². The highest BCUT2D eigenvalue weighted by molar-refractivity contribution is 6.04. The number of carbonyl (C=O) groups excluding carboxylic acids is 4. The van der Waals surface area contributed by atoms with Crippen molar-refractivity contribution in [2.75, 3.05) is 68.7 Å². The molecular weight excluding hydrogens is 1420 g/mol. The van der Waals surface area contributed by atoms with Crippen molar-refractivity contribution in [3.8, 4) is 45.2 Å². The SMILES string of the molecule is O=C1NCC2=C1C(c1ccc(-c3ccc([N+](=O)[O-])cc3)cc1)Nc1ccccc1N2.O=C1NCC2=C1C(c1ccc(-c3ccccc3)cc1)Nc1ccccc1N2.O=C1NCC2=C1C(c1ccc(C#Cc3ccccc3)cc1)Nc1ccccc1N2.O=C1NCC2=C1C(c1ccc3c(c1)Cc1ccccc1-3)Nc1ccccc1N2. The average molecular weight is 1490 g/mol. The van der Waals surface area contributed by atoms with E-state index in [1.54, 1.807) is 12.1 Å². The van der Waals surface area contributed by atoms with E-state index in [1.165, 1.54) is 39.9 Å². The highest BCUT2D eigenvalue weighted by Gasteiger charge is 2.39. The smallest absolute Gasteiger partial charge is 0.269 e. The van der Waals surface area contributed by atoms with Crippen molar-refractivity contribution >= 4 is 74.8 Å². The van der Waals surface area contributed by atoms with Gasteiger partial charge in [0.1, 0.15) is 0 Å². The lowest BCUT2D eigenvalue weighted by Gasteiger charge is -2.21. The van der Waals surface area contributed by atoms with Gasteiger partial charge in [0, 0.05) is 46.0 Å². The van der Waals surface area contributed by atoms with E-state index in [0.29, 0.717) is 31.8 Å². The molecule has 0 saturated heterocycles. The van der Waals surface area contributed by atoms with Gasteiger partial charge in [0.2, 0.25) is 0 Å². The summed E-state index contributed by atoms with van der Waals surface area (Å²) in [6, 6.07) is 97.5. The Balaban J connectivity index is 0.000000106. The molecule has 4 unspecified atom stereocenters. The number of benzene rings is 12. The highest BCUT2D eigenvalue weighted by atomic mass is 16.6. The van der Waals surface area contributed by atoms with Gasteiger partial charge in [-0.1, -0.05) is 212 Å². The summed E-state index contributed by atoms with van der Waals surface area (Å²) in [7, 11) is 0. The predicted octanol–water partition coefficient (Wildman–Crippen LogP) is 16.8. The van der Waals surface area contributed by atoms with Crippen molar-refractivity contribution in [1.29, 1.82) is 0 Å². The number of fused-ring (bicyclic) bond motifs is 7. The molecule has 12 aromatic rings. The molecule has 0 aromatic heterocycles. The Hall–Kier alpha value is -15.2. The zero-order valence-electron chi connectivity index (χ0n) is 61.5. The summed E-state index contributed by atoms with van der Waals surface area (Å²) in [5, 5.41) is 50.5. The van der Waals surface area contributed by atoms with Crippen molar-refractivity contribution < 1.29 is 24.1 Å². The van der Waals surface area contributed by atoms with Gasteiger partial charge in [0.25, 0.3) is 29.3 Å². The fourth-order valence-electron chi connectivity index (χ4n) is 16.0. The average Bonchev–Trinajstić information content (AvgIpc) is 1.54. The first-order valence-electron chi connectivity index (χ1n) is 37.9. The molecule has 21 rings (SSSR count). The zero-order valence-corrected chi connectivity index (χ0v) is 61.5. The number of nitrogens with one attached hydrogen (secondary N) is 12. The Bertz CT molecular complexity index is 6050. The van der Waals surface area contributed by atoms with E-state index in [9.17, 15) is 29.3 Å². The van der Waals surface area contributed by atoms with Crippen LogP contribution in [0.25, 0.3) is 33.4 Å². The molecule has 9 aliphatic rings. The predicted molar refractivity (Wildman–Crippen MR) is 450 cm³/mol. The van der Waals surface area contributed by atoms with Crippen molar-refractivity contribution in [2.45, 2.75) is 30.6 Å². The fourth-order valence-corrected chi connectivity index (χ4v) is 16.0. The standard InChI is InChI=1S/C25H19N3O.C24H19N3O.C23H18N4O3.C23H19N3O/c29-25-23-22(16-26-25)27-20-8-4-5-9-21(20)28-24(23)19-14-12-18(13-15-19)11-10-17-6-2-1-3-7-17;28-24-22-21(13-25-24)26-19-7-3-4-8-20(19)27-23(22)15-9-10-18-16(12-15)11-14-5-1-2-6-17(14)18;28-23-21-20(13-24-23)25-18-3-1-2-4-19(18)26-22(21)16-7-5-14(6-8-16)15-9-11-17(12-10-15)27(29)30;27-23-21-20(14-24-23)25-18-8-4-5-9-19(18)26-22(21)17-12-10-16(11-13-17)15-6-2-1-3-7-15/h1-9,12-15,24,27-28H,16H2,(H,26,29);1-10,12,23,26-27H,11,13H2,(H,25,28);1-12,22,25-26H,13H2,(H,24,28);1-13,22,25-26H,14H2,(H,24,27). The topological polar surface area (TPSA) is 256 Å². The van der Waals surface area contributed by atoms with Crippen LogP contribution in [0.1, 0.15) is 68.7 Å². The van der Waals surface area contributed by atoms with Gasteiger partial charge in [-0.2, -0.15) is 0 Å². The number of nitro benzene ring substituents is 1. The van der Waals surface area contributed by atoms with Gasteiger partial charge in [-0.05, 0) is 158 Å². The fraction of sp³-hybridized carbons (Fsp3) is 0.0947. The minimum absolute atomic E-state index is 0.00316. The molecule has 8 aliphatic heterocycles. The number of carbonyl (C=O) groups is 4. The molecule has 0 fully saturated rings. The number of hydrogen-bond donors (Lipinski definition) is 12. The molecule has 8 heterocycles. The number of non-ortho nitro benzene ring substituents is 1. The Kier molecular flexibility index (Phi) is 19.0. The molecule has 114 heavy (non-hydrogen) atoms. The lowest BCUT2D eigenvalue weighted by atomic mass is 9.94. The first-order chi connectivity index (χ1) is 55.9. The van der Waals surface area contributed by atoms with Crippen LogP contribution in [0.3, 0.4) is 0 Å². The molecule has 19 nitrogen and oxygen atoms in total. The molecule has 12 N–H and O–H groups in total. The summed E-state index contributed by atoms with van der Waals surface area (Å²) in [5.74, 6) is 6.24. The van der Waals surface area contributed by atoms with E-state index in [4.69, 9.17) is 0 Å². The molecule has 0 saturated carbocycles. The minimum atomic E-state index is -0.408. The van der Waals surface area contributed by atoms with E-state index < -0.39 is 4.92 Å². The van der Waals surface area contributed by atoms with Crippen LogP contribution in [0.5, 0.6) is 0 Å². The maximum atomic E-state index is 12.7. The van der Waals surface area contributed by atoms with Gasteiger partial charge in [-0.3, -0.25) is 29.3 Å². The molecule has 4 amide bonds. The van der Waals surface area contributed by atoms with E-state index in [2.05, 4.69) is 161 Å². The maximum Gasteiger partial charge on any atom is 0.269 e. The summed E-state index contributed by atoms with van der Waals surface area (Å²) in [5.41, 5.74) is 30.2. The Morgan fingerprint density at radius 2 is 0.588 bits per heavy atom. The van der Waals surface area contributed by atoms with Gasteiger partial charge in [-0.25, -0.2) is 0 Å². The monoisotopic (exact) mass is 1490 g/mol. The summed E-state index contributed by atoms with van der Waals surface area (Å²) in [6.07, 6.45) is 0.943. The summed E-state index contributed by atoms with van der Waals surface area (Å²) in [4.78, 5) is 60.8. The van der Waals surface area contributed by atoms with Crippen molar-refractivity contribution in [3.05, 3.63) is 397 Å². The van der Waals surface area contributed by atoms with Gasteiger partial charge in [-0.15, -0.1) is 0 Å². The summed E-state index contributed by atoms with van der Waals surface area (Å²) < 4.78 is 0. The molecule has 4 atom stereocenters. The number of para-hydroxylation sites is 8. The number of nitrogens with zero attached hydrogens (tertiary/aromatic N) is 1. The Morgan fingerprint density at radius 1 is 0.289 bits per heavy atom. The van der Waals surface area contributed by atoms with E-state index >= 15 is 0 Å². The van der Waals surface area contributed by atoms with Crippen LogP contribution in [0, 0.1) is 22.0 Å². The van der Waals surface area contributed by atoms with Crippen LogP contribution in [-0.2, 0) is 25.6 Å². The maximum absolute atomic E-state index is 12.7. The molecular formula is C95H75N13O6. The second-order valence-corrected chi connectivity index (χ2v) is 28.7. The van der Waals surface area contributed by atoms with Crippen LogP contribution in [0.2, 0.25) is 0 Å². The molecule has 0 radical (unpaired) electrons. The minimum Gasteiger partial charge on any atom is -0.372 e. The second-order valence-electron chi connectivity index (χ2n) is 28.7. The quantitative estimate of drug-likeness (QED) is 0.0403. The van der Waals surface area contributed by atoms with Gasteiger partial charge < -0.3 is 63.8 Å². The van der Waals surface area contributed by atoms with Crippen molar-refractivity contribution in [2.24, 2.45) is 0 Å². The van der Waals surface area contributed by atoms with E-state index in [1.807, 2.05) is 188 Å². The zero-order chi connectivity index (χ0) is 77.2. The second kappa shape index (κ2) is 30.7. The lowest BCUT2D eigenvalue weighted by molar-refractivity contribution is -0.384. The first kappa shape index (κ1) is 70.5. The van der Waals surface area contributed by atoms with Crippen LogP contribution in [-0.4, -0.2) is 54.7 Å². The Labute approximate surface area is 658 Å². The number of nitro groups is 1. The molecule has 0 bridgehead atoms. The Morgan fingerprint density at radius 3 is 0.982 bits per heavy atom. The van der Waals surface area contributed by atoms with Gasteiger partial charge in [0.15, 0.2) is 0 Å². The third-order valence-corrected chi connectivity index (χ3v) is 21.7. The van der Waals surface area contributed by atoms with Gasteiger partial charge >= 0.3 is 0 Å². The number of hydrogen-bond acceptors (Lipinski definition) is 14. The summed E-state index contributed by atoms with van der Waals surface area (Å²) >= 11 is 0.